The van der Waals surface area contributed by atoms with Crippen LogP contribution in [0.3, 0.4) is 0 Å². The van der Waals surface area contributed by atoms with Gasteiger partial charge in [-0.1, -0.05) is 18.6 Å². The van der Waals surface area contributed by atoms with Gasteiger partial charge in [0.15, 0.2) is 0 Å². The van der Waals surface area contributed by atoms with Crippen LogP contribution < -0.4 is 10.6 Å². The fourth-order valence-electron chi connectivity index (χ4n) is 3.84. The molecule has 3 rings (SSSR count). The van der Waals surface area contributed by atoms with Crippen LogP contribution in [0.2, 0.25) is 0 Å². The molecule has 0 aromatic heterocycles. The van der Waals surface area contributed by atoms with Crippen LogP contribution in [-0.4, -0.2) is 36.4 Å². The third-order valence-electron chi connectivity index (χ3n) is 5.45. The second kappa shape index (κ2) is 7.07. The SMILES string of the molecule is CCOC1CC(NC(=O)NCC(O)c2ccc(F)cc2)C12CCC2. The monoisotopic (exact) mass is 336 g/mol. The van der Waals surface area contributed by atoms with Crippen LogP contribution in [-0.2, 0) is 4.74 Å². The maximum atomic E-state index is 12.9. The van der Waals surface area contributed by atoms with Crippen molar-refractivity contribution >= 4 is 6.03 Å². The molecule has 2 aliphatic carbocycles. The lowest BCUT2D eigenvalue weighted by molar-refractivity contribution is -0.169. The van der Waals surface area contributed by atoms with Crippen LogP contribution in [0.15, 0.2) is 24.3 Å². The maximum absolute atomic E-state index is 12.9. The minimum atomic E-state index is -0.855. The second-order valence-electron chi connectivity index (χ2n) is 6.74. The molecule has 2 amide bonds. The molecule has 0 heterocycles. The van der Waals surface area contributed by atoms with Crippen molar-refractivity contribution in [3.63, 3.8) is 0 Å². The van der Waals surface area contributed by atoms with Crippen LogP contribution in [0.1, 0.15) is 44.3 Å². The fourth-order valence-corrected chi connectivity index (χ4v) is 3.84. The normalized spacial score (nSPS) is 25.5. The van der Waals surface area contributed by atoms with Gasteiger partial charge >= 0.3 is 6.03 Å². The number of rotatable bonds is 6. The third kappa shape index (κ3) is 3.26. The van der Waals surface area contributed by atoms with Crippen LogP contribution in [0.4, 0.5) is 9.18 Å². The van der Waals surface area contributed by atoms with Crippen LogP contribution in [0, 0.1) is 11.2 Å². The summed E-state index contributed by atoms with van der Waals surface area (Å²) in [6, 6.07) is 5.49. The highest BCUT2D eigenvalue weighted by atomic mass is 19.1. The zero-order valence-electron chi connectivity index (χ0n) is 13.9. The number of aliphatic hydroxyl groups is 1. The number of ether oxygens (including phenoxy) is 1. The molecule has 2 saturated carbocycles. The Morgan fingerprint density at radius 3 is 2.71 bits per heavy atom. The van der Waals surface area contributed by atoms with E-state index in [1.54, 1.807) is 0 Å². The minimum absolute atomic E-state index is 0.0894. The van der Waals surface area contributed by atoms with E-state index < -0.39 is 6.10 Å². The number of urea groups is 1. The highest BCUT2D eigenvalue weighted by molar-refractivity contribution is 5.74. The summed E-state index contributed by atoms with van der Waals surface area (Å²) in [6.07, 6.45) is 3.63. The van der Waals surface area contributed by atoms with Gasteiger partial charge in [-0.05, 0) is 43.9 Å². The van der Waals surface area contributed by atoms with E-state index in [2.05, 4.69) is 10.6 Å². The molecular weight excluding hydrogens is 311 g/mol. The Kier molecular flexibility index (Phi) is 5.06. The van der Waals surface area contributed by atoms with Crippen LogP contribution in [0.5, 0.6) is 0 Å². The van der Waals surface area contributed by atoms with Crippen LogP contribution in [0.25, 0.3) is 0 Å². The van der Waals surface area contributed by atoms with E-state index in [9.17, 15) is 14.3 Å². The van der Waals surface area contributed by atoms with Gasteiger partial charge in [0.25, 0.3) is 0 Å². The predicted molar refractivity (Wildman–Crippen MR) is 88.0 cm³/mol. The molecule has 2 aliphatic rings. The predicted octanol–water partition coefficient (Wildman–Crippen LogP) is 2.51. The molecule has 3 unspecified atom stereocenters. The second-order valence-corrected chi connectivity index (χ2v) is 6.74. The smallest absolute Gasteiger partial charge is 0.315 e. The standard InChI is InChI=1S/C18H25FN2O3/c1-2-24-16-10-15(18(16)8-3-9-18)21-17(23)20-11-14(22)12-4-6-13(19)7-5-12/h4-7,14-16,22H,2-3,8-11H2,1H3,(H2,20,21,23). The van der Waals surface area contributed by atoms with Crippen LogP contribution >= 0.6 is 0 Å². The number of carbonyl (C=O) groups excluding carboxylic acids is 1. The van der Waals surface area contributed by atoms with E-state index in [0.29, 0.717) is 12.2 Å². The zero-order valence-corrected chi connectivity index (χ0v) is 13.9. The van der Waals surface area contributed by atoms with Gasteiger partial charge in [0.2, 0.25) is 0 Å². The largest absolute Gasteiger partial charge is 0.387 e. The summed E-state index contributed by atoms with van der Waals surface area (Å²) in [4.78, 5) is 12.1. The van der Waals surface area contributed by atoms with E-state index in [1.165, 1.54) is 30.7 Å². The summed E-state index contributed by atoms with van der Waals surface area (Å²) in [5.74, 6) is -0.351. The van der Waals surface area contributed by atoms with Gasteiger partial charge in [-0.25, -0.2) is 9.18 Å². The molecule has 0 radical (unpaired) electrons. The zero-order chi connectivity index (χ0) is 17.2. The van der Waals surface area contributed by atoms with Crippen molar-refractivity contribution in [1.29, 1.82) is 0 Å². The highest BCUT2D eigenvalue weighted by Crippen LogP contribution is 2.57. The van der Waals surface area contributed by atoms with Gasteiger partial charge < -0.3 is 20.5 Å². The molecule has 2 fully saturated rings. The summed E-state index contributed by atoms with van der Waals surface area (Å²) in [7, 11) is 0. The molecule has 1 aromatic rings. The Morgan fingerprint density at radius 1 is 1.42 bits per heavy atom. The average molecular weight is 336 g/mol. The maximum Gasteiger partial charge on any atom is 0.315 e. The Labute approximate surface area is 141 Å². The molecule has 132 valence electrons. The van der Waals surface area contributed by atoms with Gasteiger partial charge in [-0.15, -0.1) is 0 Å². The molecule has 5 nitrogen and oxygen atoms in total. The van der Waals surface area contributed by atoms with Gasteiger partial charge in [-0.3, -0.25) is 0 Å². The lowest BCUT2D eigenvalue weighted by Gasteiger charge is -2.60. The molecule has 0 saturated heterocycles. The van der Waals surface area contributed by atoms with Crippen molar-refractivity contribution in [2.75, 3.05) is 13.2 Å². The number of hydrogen-bond acceptors (Lipinski definition) is 3. The van der Waals surface area contributed by atoms with Crippen molar-refractivity contribution in [2.24, 2.45) is 5.41 Å². The topological polar surface area (TPSA) is 70.6 Å². The number of carbonyl (C=O) groups is 1. The third-order valence-corrected chi connectivity index (χ3v) is 5.45. The van der Waals surface area contributed by atoms with E-state index >= 15 is 0 Å². The van der Waals surface area contributed by atoms with Gasteiger partial charge in [-0.2, -0.15) is 0 Å². The number of aliphatic hydroxyl groups excluding tert-OH is 1. The quantitative estimate of drug-likeness (QED) is 0.747. The Bertz CT molecular complexity index is 574. The van der Waals surface area contributed by atoms with Crippen molar-refractivity contribution in [3.05, 3.63) is 35.6 Å². The molecule has 0 bridgehead atoms. The van der Waals surface area contributed by atoms with Crippen molar-refractivity contribution in [3.8, 4) is 0 Å². The summed E-state index contributed by atoms with van der Waals surface area (Å²) in [5, 5.41) is 15.8. The molecule has 6 heteroatoms. The summed E-state index contributed by atoms with van der Waals surface area (Å²) in [6.45, 7) is 2.79. The Balaban J connectivity index is 1.45. The van der Waals surface area contributed by atoms with Gasteiger partial charge in [0.1, 0.15) is 5.82 Å². The summed E-state index contributed by atoms with van der Waals surface area (Å²) in [5.41, 5.74) is 0.690. The summed E-state index contributed by atoms with van der Waals surface area (Å²) < 4.78 is 18.7. The average Bonchev–Trinajstić information content (AvgIpc) is 2.50. The molecule has 3 atom stereocenters. The Morgan fingerprint density at radius 2 is 2.12 bits per heavy atom. The molecule has 0 aliphatic heterocycles. The number of halogens is 1. The van der Waals surface area contributed by atoms with Crippen molar-refractivity contribution in [1.82, 2.24) is 10.6 Å². The molecular formula is C18H25FN2O3. The first-order chi connectivity index (χ1) is 11.5. The van der Waals surface area contributed by atoms with Gasteiger partial charge in [0.05, 0.1) is 12.2 Å². The number of nitrogens with one attached hydrogen (secondary N) is 2. The van der Waals surface area contributed by atoms with E-state index in [1.807, 2.05) is 6.92 Å². The highest BCUT2D eigenvalue weighted by Gasteiger charge is 2.59. The minimum Gasteiger partial charge on any atom is -0.387 e. The van der Waals surface area contributed by atoms with Gasteiger partial charge in [0, 0.05) is 24.6 Å². The molecule has 3 N–H and O–H groups in total. The van der Waals surface area contributed by atoms with Crippen molar-refractivity contribution < 1.29 is 19.0 Å². The molecule has 1 spiro atoms. The number of hydrogen-bond donors (Lipinski definition) is 3. The van der Waals surface area contributed by atoms with E-state index in [0.717, 1.165) is 19.3 Å². The lowest BCUT2D eigenvalue weighted by atomic mass is 9.51. The fraction of sp³-hybridized carbons (Fsp3) is 0.611. The van der Waals surface area contributed by atoms with Crippen molar-refractivity contribution in [2.45, 2.75) is 50.9 Å². The number of benzene rings is 1. The first kappa shape index (κ1) is 17.2. The summed E-state index contributed by atoms with van der Waals surface area (Å²) >= 11 is 0. The number of amides is 2. The van der Waals surface area contributed by atoms with E-state index in [-0.39, 0.29) is 36.0 Å². The first-order valence-electron chi connectivity index (χ1n) is 8.64. The lowest BCUT2D eigenvalue weighted by Crippen LogP contribution is -2.68. The van der Waals surface area contributed by atoms with E-state index in [4.69, 9.17) is 4.74 Å². The Hall–Kier alpha value is -1.66. The first-order valence-corrected chi connectivity index (χ1v) is 8.64. The molecule has 1 aromatic carbocycles. The molecule has 24 heavy (non-hydrogen) atoms.